The lowest BCUT2D eigenvalue weighted by Crippen LogP contribution is -2.42. The monoisotopic (exact) mass is 323 g/mol. The summed E-state index contributed by atoms with van der Waals surface area (Å²) in [6.45, 7) is 3.60. The normalized spacial score (nSPS) is 23.0. The summed E-state index contributed by atoms with van der Waals surface area (Å²) in [5, 5.41) is 0. The molecule has 1 fully saturated rings. The van der Waals surface area contributed by atoms with Crippen LogP contribution in [0.4, 0.5) is 4.79 Å². The van der Waals surface area contributed by atoms with E-state index in [1.807, 2.05) is 0 Å². The van der Waals surface area contributed by atoms with E-state index in [0.717, 1.165) is 25.7 Å². The van der Waals surface area contributed by atoms with Crippen LogP contribution in [-0.2, 0) is 19.7 Å². The molecular weight excluding hydrogens is 298 g/mol. The fraction of sp³-hybridized carbons (Fsp3) is 0.917. The fourth-order valence-electron chi connectivity index (χ4n) is 2.04. The van der Waals surface area contributed by atoms with Gasteiger partial charge in [-0.25, -0.2) is 9.52 Å². The van der Waals surface area contributed by atoms with E-state index in [4.69, 9.17) is 10.5 Å². The predicted octanol–water partition coefficient (Wildman–Crippen LogP) is 0.242. The van der Waals surface area contributed by atoms with Gasteiger partial charge in [-0.2, -0.15) is 13.1 Å². The first kappa shape index (κ1) is 18.1. The molecule has 1 aliphatic rings. The molecule has 0 aromatic rings. The van der Waals surface area contributed by atoms with Gasteiger partial charge in [0.05, 0.1) is 18.8 Å². The summed E-state index contributed by atoms with van der Waals surface area (Å²) in [6, 6.07) is 0.250. The molecule has 1 amide bonds. The maximum absolute atomic E-state index is 11.5. The molecule has 0 heterocycles. The van der Waals surface area contributed by atoms with Gasteiger partial charge in [-0.1, -0.05) is 0 Å². The molecule has 0 radical (unpaired) electrons. The van der Waals surface area contributed by atoms with Crippen molar-refractivity contribution in [2.45, 2.75) is 57.8 Å². The number of rotatable bonds is 7. The first-order valence-corrected chi connectivity index (χ1v) is 8.62. The van der Waals surface area contributed by atoms with Crippen LogP contribution in [0, 0.1) is 0 Å². The molecule has 4 N–H and O–H groups in total. The summed E-state index contributed by atoms with van der Waals surface area (Å²) in [5.41, 5.74) is 5.79. The average Bonchev–Trinajstić information content (AvgIpc) is 2.35. The highest BCUT2D eigenvalue weighted by atomic mass is 32.2. The summed E-state index contributed by atoms with van der Waals surface area (Å²) in [7, 11) is -3.91. The van der Waals surface area contributed by atoms with Gasteiger partial charge >= 0.3 is 16.3 Å². The summed E-state index contributed by atoms with van der Waals surface area (Å²) in [5.74, 6) is 0. The highest BCUT2D eigenvalue weighted by molar-refractivity contribution is 7.88. The summed E-state index contributed by atoms with van der Waals surface area (Å²) >= 11 is 0. The highest BCUT2D eigenvalue weighted by Gasteiger charge is 2.19. The van der Waals surface area contributed by atoms with Gasteiger partial charge in [0, 0.05) is 12.6 Å². The summed E-state index contributed by atoms with van der Waals surface area (Å²) in [6.07, 6.45) is 2.40. The van der Waals surface area contributed by atoms with E-state index in [9.17, 15) is 13.2 Å². The molecule has 1 aliphatic carbocycles. The standard InChI is InChI=1S/C12H25N3O5S/c1-9(2)20-12(16)15-21(17,18)14-7-8-19-11-5-3-10(13)4-6-11/h9-11,14H,3-8,13H2,1-2H3,(H,15,16). The molecule has 1 rings (SSSR count). The lowest BCUT2D eigenvalue weighted by molar-refractivity contribution is 0.0287. The van der Waals surface area contributed by atoms with Gasteiger partial charge in [0.1, 0.15) is 0 Å². The van der Waals surface area contributed by atoms with Crippen LogP contribution in [0.15, 0.2) is 0 Å². The van der Waals surface area contributed by atoms with Crippen molar-refractivity contribution < 1.29 is 22.7 Å². The maximum Gasteiger partial charge on any atom is 0.422 e. The van der Waals surface area contributed by atoms with E-state index < -0.39 is 16.3 Å². The van der Waals surface area contributed by atoms with Crippen molar-refractivity contribution in [1.29, 1.82) is 0 Å². The summed E-state index contributed by atoms with van der Waals surface area (Å²) < 4.78 is 37.3. The topological polar surface area (TPSA) is 120 Å². The lowest BCUT2D eigenvalue weighted by Gasteiger charge is -2.26. The zero-order valence-corrected chi connectivity index (χ0v) is 13.3. The number of nitrogens with one attached hydrogen (secondary N) is 2. The second kappa shape index (κ2) is 8.52. The number of ether oxygens (including phenoxy) is 2. The first-order valence-electron chi connectivity index (χ1n) is 7.13. The van der Waals surface area contributed by atoms with Gasteiger partial charge < -0.3 is 15.2 Å². The van der Waals surface area contributed by atoms with Crippen molar-refractivity contribution in [1.82, 2.24) is 9.44 Å². The van der Waals surface area contributed by atoms with Crippen LogP contribution in [0.1, 0.15) is 39.5 Å². The second-order valence-corrected chi connectivity index (χ2v) is 6.86. The molecule has 124 valence electrons. The predicted molar refractivity (Wildman–Crippen MR) is 77.9 cm³/mol. The molecule has 0 bridgehead atoms. The number of carbonyl (C=O) groups excluding carboxylic acids is 1. The van der Waals surface area contributed by atoms with Crippen molar-refractivity contribution in [3.8, 4) is 0 Å². The van der Waals surface area contributed by atoms with Gasteiger partial charge in [-0.05, 0) is 39.5 Å². The Kier molecular flexibility index (Phi) is 7.36. The average molecular weight is 323 g/mol. The molecule has 0 saturated heterocycles. The third-order valence-electron chi connectivity index (χ3n) is 3.03. The van der Waals surface area contributed by atoms with Crippen LogP contribution in [0.5, 0.6) is 0 Å². The van der Waals surface area contributed by atoms with Crippen LogP contribution in [0.25, 0.3) is 0 Å². The van der Waals surface area contributed by atoms with Gasteiger partial charge in [0.15, 0.2) is 0 Å². The first-order chi connectivity index (χ1) is 9.78. The number of carbonyl (C=O) groups is 1. The third-order valence-corrected chi connectivity index (χ3v) is 4.05. The van der Waals surface area contributed by atoms with Gasteiger partial charge in [-0.15, -0.1) is 0 Å². The van der Waals surface area contributed by atoms with Crippen LogP contribution in [0.3, 0.4) is 0 Å². The zero-order valence-electron chi connectivity index (χ0n) is 12.5. The molecule has 21 heavy (non-hydrogen) atoms. The van der Waals surface area contributed by atoms with Crippen molar-refractivity contribution in [3.05, 3.63) is 0 Å². The molecule has 0 aromatic heterocycles. The second-order valence-electron chi connectivity index (χ2n) is 5.36. The van der Waals surface area contributed by atoms with Crippen molar-refractivity contribution >= 4 is 16.3 Å². The van der Waals surface area contributed by atoms with E-state index >= 15 is 0 Å². The highest BCUT2D eigenvalue weighted by Crippen LogP contribution is 2.19. The quantitative estimate of drug-likeness (QED) is 0.577. The molecule has 0 spiro atoms. The molecule has 0 aliphatic heterocycles. The molecule has 0 unspecified atom stereocenters. The van der Waals surface area contributed by atoms with Gasteiger partial charge in [0.2, 0.25) is 0 Å². The molecule has 0 atom stereocenters. The third kappa shape index (κ3) is 8.20. The van der Waals surface area contributed by atoms with E-state index in [1.54, 1.807) is 18.6 Å². The zero-order chi connectivity index (χ0) is 15.9. The van der Waals surface area contributed by atoms with Crippen LogP contribution in [0.2, 0.25) is 0 Å². The van der Waals surface area contributed by atoms with Crippen molar-refractivity contribution in [2.24, 2.45) is 5.73 Å². The fourth-order valence-corrected chi connectivity index (χ4v) is 2.73. The van der Waals surface area contributed by atoms with Crippen LogP contribution in [-0.4, -0.2) is 45.9 Å². The number of amides is 1. The molecule has 9 heteroatoms. The largest absolute Gasteiger partial charge is 0.446 e. The molecule has 0 aromatic carbocycles. The Balaban J connectivity index is 2.17. The molecular formula is C12H25N3O5S. The van der Waals surface area contributed by atoms with Gasteiger partial charge in [-0.3, -0.25) is 0 Å². The Morgan fingerprint density at radius 2 is 1.90 bits per heavy atom. The van der Waals surface area contributed by atoms with Crippen molar-refractivity contribution in [2.75, 3.05) is 13.2 Å². The number of hydrogen-bond acceptors (Lipinski definition) is 6. The Morgan fingerprint density at radius 1 is 1.29 bits per heavy atom. The van der Waals surface area contributed by atoms with Crippen molar-refractivity contribution in [3.63, 3.8) is 0 Å². The smallest absolute Gasteiger partial charge is 0.422 e. The Morgan fingerprint density at radius 3 is 2.48 bits per heavy atom. The van der Waals surface area contributed by atoms with Crippen LogP contribution < -0.4 is 15.2 Å². The maximum atomic E-state index is 11.5. The van der Waals surface area contributed by atoms with Crippen LogP contribution >= 0.6 is 0 Å². The lowest BCUT2D eigenvalue weighted by atomic mass is 9.94. The van der Waals surface area contributed by atoms with E-state index in [1.165, 1.54) is 0 Å². The minimum Gasteiger partial charge on any atom is -0.446 e. The minimum atomic E-state index is -3.91. The number of hydrogen-bond donors (Lipinski definition) is 3. The Hall–Kier alpha value is -0.900. The number of nitrogens with two attached hydrogens (primary N) is 1. The minimum absolute atomic E-state index is 0.0901. The van der Waals surface area contributed by atoms with E-state index in [2.05, 4.69) is 9.46 Å². The van der Waals surface area contributed by atoms with E-state index in [0.29, 0.717) is 0 Å². The SMILES string of the molecule is CC(C)OC(=O)NS(=O)(=O)NCCOC1CCC(N)CC1. The van der Waals surface area contributed by atoms with E-state index in [-0.39, 0.29) is 31.4 Å². The van der Waals surface area contributed by atoms with Gasteiger partial charge in [0.25, 0.3) is 0 Å². The molecule has 1 saturated carbocycles. The molecule has 8 nitrogen and oxygen atoms in total. The Labute approximate surface area is 125 Å². The summed E-state index contributed by atoms with van der Waals surface area (Å²) in [4.78, 5) is 11.2. The Bertz CT molecular complexity index is 419.